The van der Waals surface area contributed by atoms with Gasteiger partial charge in [-0.2, -0.15) is 0 Å². The number of likely N-dealkylation sites (tertiary alicyclic amines) is 1. The molecule has 0 amide bonds. The number of oxazole rings is 1. The molecule has 0 N–H and O–H groups in total. The highest BCUT2D eigenvalue weighted by Crippen LogP contribution is 2.24. The Hall–Kier alpha value is -2.77. The van der Waals surface area contributed by atoms with Crippen LogP contribution >= 0.6 is 0 Å². The lowest BCUT2D eigenvalue weighted by atomic mass is 10.1. The number of hydrogen-bond acceptors (Lipinski definition) is 6. The van der Waals surface area contributed by atoms with Crippen molar-refractivity contribution in [1.82, 2.24) is 9.88 Å². The molecule has 0 bridgehead atoms. The monoisotopic (exact) mass is 494 g/mol. The van der Waals surface area contributed by atoms with Gasteiger partial charge in [0.05, 0.1) is 11.4 Å². The molecule has 1 saturated heterocycles. The number of piperidine rings is 1. The lowest BCUT2D eigenvalue weighted by Crippen LogP contribution is -2.28. The number of rotatable bonds is 11. The summed E-state index contributed by atoms with van der Waals surface area (Å²) in [5, 5.41) is 0. The normalized spacial score (nSPS) is 14.8. The number of aromatic nitrogens is 1. The number of sulfone groups is 1. The molecule has 1 fully saturated rings. The maximum atomic E-state index is 12.7. The van der Waals surface area contributed by atoms with Gasteiger partial charge in [0, 0.05) is 18.5 Å². The summed E-state index contributed by atoms with van der Waals surface area (Å²) in [5.74, 6) is -0.135. The Kier molecular flexibility index (Phi) is 8.52. The van der Waals surface area contributed by atoms with Crippen molar-refractivity contribution in [2.24, 2.45) is 0 Å². The van der Waals surface area contributed by atoms with Crippen LogP contribution in [-0.2, 0) is 33.4 Å². The zero-order chi connectivity index (χ0) is 24.7. The third-order valence-electron chi connectivity index (χ3n) is 6.45. The Balaban J connectivity index is 1.31. The van der Waals surface area contributed by atoms with Crippen LogP contribution in [0.2, 0.25) is 0 Å². The van der Waals surface area contributed by atoms with E-state index in [2.05, 4.69) is 22.0 Å². The SMILES string of the molecule is Cc1oc(-c2ccc(CN3CCCCC3)cc2)nc1CS(=O)(=O)CC(=O)CCCc1ccccc1. The van der Waals surface area contributed by atoms with E-state index >= 15 is 0 Å². The van der Waals surface area contributed by atoms with Gasteiger partial charge >= 0.3 is 0 Å². The molecule has 1 aliphatic rings. The average Bonchev–Trinajstić information content (AvgIpc) is 3.20. The van der Waals surface area contributed by atoms with Crippen molar-refractivity contribution in [2.75, 3.05) is 18.8 Å². The molecule has 0 spiro atoms. The number of ketones is 1. The highest BCUT2D eigenvalue weighted by Gasteiger charge is 2.22. The highest BCUT2D eigenvalue weighted by molar-refractivity contribution is 7.91. The number of carbonyl (C=O) groups excluding carboxylic acids is 1. The summed E-state index contributed by atoms with van der Waals surface area (Å²) in [4.78, 5) is 19.2. The van der Waals surface area contributed by atoms with E-state index in [-0.39, 0.29) is 18.0 Å². The zero-order valence-corrected chi connectivity index (χ0v) is 21.2. The van der Waals surface area contributed by atoms with Crippen molar-refractivity contribution in [3.05, 3.63) is 77.2 Å². The van der Waals surface area contributed by atoms with Crippen molar-refractivity contribution in [1.29, 1.82) is 0 Å². The highest BCUT2D eigenvalue weighted by atomic mass is 32.2. The third-order valence-corrected chi connectivity index (χ3v) is 7.92. The number of hydrogen-bond donors (Lipinski definition) is 0. The maximum Gasteiger partial charge on any atom is 0.226 e. The molecule has 186 valence electrons. The summed E-state index contributed by atoms with van der Waals surface area (Å²) in [6, 6.07) is 18.0. The molecule has 35 heavy (non-hydrogen) atoms. The van der Waals surface area contributed by atoms with E-state index in [0.29, 0.717) is 23.8 Å². The van der Waals surface area contributed by atoms with Crippen LogP contribution in [0.3, 0.4) is 0 Å². The third kappa shape index (κ3) is 7.61. The molecule has 0 saturated carbocycles. The van der Waals surface area contributed by atoms with Gasteiger partial charge in [-0.3, -0.25) is 9.69 Å². The second-order valence-electron chi connectivity index (χ2n) is 9.47. The lowest BCUT2D eigenvalue weighted by Gasteiger charge is -2.26. The van der Waals surface area contributed by atoms with E-state index < -0.39 is 15.6 Å². The molecule has 0 atom stereocenters. The number of benzene rings is 2. The fourth-order valence-electron chi connectivity index (χ4n) is 4.53. The summed E-state index contributed by atoms with van der Waals surface area (Å²) in [6.07, 6.45) is 5.49. The Morgan fingerprint density at radius 2 is 1.69 bits per heavy atom. The van der Waals surface area contributed by atoms with Crippen molar-refractivity contribution in [3.63, 3.8) is 0 Å². The van der Waals surface area contributed by atoms with Crippen LogP contribution < -0.4 is 0 Å². The summed E-state index contributed by atoms with van der Waals surface area (Å²) in [6.45, 7) is 4.95. The standard InChI is InChI=1S/C28H34N2O4S/c1-22-27(21-35(32,33)20-26(31)12-8-11-23-9-4-2-5-10-23)29-28(34-22)25-15-13-24(14-16-25)19-30-17-6-3-7-18-30/h2,4-5,9-10,13-16H,3,6-8,11-12,17-21H2,1H3. The molecule has 6 nitrogen and oxygen atoms in total. The molecule has 0 aliphatic carbocycles. The molecular weight excluding hydrogens is 460 g/mol. The topological polar surface area (TPSA) is 80.5 Å². The van der Waals surface area contributed by atoms with Gasteiger partial charge in [0.1, 0.15) is 17.3 Å². The molecule has 4 rings (SSSR count). The van der Waals surface area contributed by atoms with Gasteiger partial charge in [-0.25, -0.2) is 13.4 Å². The summed E-state index contributed by atoms with van der Waals surface area (Å²) < 4.78 is 31.1. The van der Waals surface area contributed by atoms with Crippen LogP contribution in [0.4, 0.5) is 0 Å². The van der Waals surface area contributed by atoms with Crippen molar-refractivity contribution < 1.29 is 17.6 Å². The number of Topliss-reactive ketones (excluding diaryl/α,β-unsaturated/α-hetero) is 1. The molecule has 0 radical (unpaired) electrons. The second kappa shape index (κ2) is 11.8. The van der Waals surface area contributed by atoms with Crippen LogP contribution in [0.1, 0.15) is 54.7 Å². The zero-order valence-electron chi connectivity index (χ0n) is 20.4. The Bertz CT molecular complexity index is 1210. The predicted molar refractivity (Wildman–Crippen MR) is 138 cm³/mol. The predicted octanol–water partition coefficient (Wildman–Crippen LogP) is 5.14. The smallest absolute Gasteiger partial charge is 0.226 e. The lowest BCUT2D eigenvalue weighted by molar-refractivity contribution is -0.116. The first kappa shape index (κ1) is 25.3. The van der Waals surface area contributed by atoms with Gasteiger partial charge in [-0.05, 0) is 69.0 Å². The molecule has 0 unspecified atom stereocenters. The molecular formula is C28H34N2O4S. The Labute approximate surface area is 208 Å². The van der Waals surface area contributed by atoms with Crippen molar-refractivity contribution in [2.45, 2.75) is 57.7 Å². The van der Waals surface area contributed by atoms with E-state index in [1.165, 1.54) is 24.8 Å². The first-order chi connectivity index (χ1) is 16.9. The fraction of sp³-hybridized carbons (Fsp3) is 0.429. The van der Waals surface area contributed by atoms with Crippen molar-refractivity contribution >= 4 is 15.6 Å². The van der Waals surface area contributed by atoms with Gasteiger partial charge in [-0.1, -0.05) is 48.9 Å². The molecule has 2 heterocycles. The Morgan fingerprint density at radius 1 is 0.971 bits per heavy atom. The minimum atomic E-state index is -3.62. The van der Waals surface area contributed by atoms with Crippen LogP contribution in [-0.4, -0.2) is 42.9 Å². The van der Waals surface area contributed by atoms with E-state index in [1.54, 1.807) is 6.92 Å². The minimum absolute atomic E-state index is 0.251. The number of carbonyl (C=O) groups is 1. The van der Waals surface area contributed by atoms with Crippen LogP contribution in [0.15, 0.2) is 59.0 Å². The summed E-state index contributed by atoms with van der Waals surface area (Å²) in [5.41, 5.74) is 3.58. The van der Waals surface area contributed by atoms with Crippen LogP contribution in [0.25, 0.3) is 11.5 Å². The fourth-order valence-corrected chi connectivity index (χ4v) is 5.95. The number of nitrogens with zero attached hydrogens (tertiary/aromatic N) is 2. The molecule has 2 aromatic carbocycles. The quantitative estimate of drug-likeness (QED) is 0.367. The van der Waals surface area contributed by atoms with E-state index in [1.807, 2.05) is 42.5 Å². The van der Waals surface area contributed by atoms with E-state index in [9.17, 15) is 13.2 Å². The maximum absolute atomic E-state index is 12.7. The first-order valence-electron chi connectivity index (χ1n) is 12.4. The van der Waals surface area contributed by atoms with E-state index in [0.717, 1.165) is 37.2 Å². The van der Waals surface area contributed by atoms with Crippen molar-refractivity contribution in [3.8, 4) is 11.5 Å². The minimum Gasteiger partial charge on any atom is -0.441 e. The van der Waals surface area contributed by atoms with Gasteiger partial charge in [0.15, 0.2) is 9.84 Å². The largest absolute Gasteiger partial charge is 0.441 e. The number of aryl methyl sites for hydroxylation is 2. The molecule has 1 aliphatic heterocycles. The van der Waals surface area contributed by atoms with Crippen LogP contribution in [0.5, 0.6) is 0 Å². The summed E-state index contributed by atoms with van der Waals surface area (Å²) >= 11 is 0. The molecule has 7 heteroatoms. The van der Waals surface area contributed by atoms with Gasteiger partial charge in [0.25, 0.3) is 0 Å². The van der Waals surface area contributed by atoms with Gasteiger partial charge in [-0.15, -0.1) is 0 Å². The second-order valence-corrected chi connectivity index (χ2v) is 11.5. The average molecular weight is 495 g/mol. The first-order valence-corrected chi connectivity index (χ1v) is 14.2. The Morgan fingerprint density at radius 3 is 2.40 bits per heavy atom. The van der Waals surface area contributed by atoms with Crippen LogP contribution in [0, 0.1) is 6.92 Å². The van der Waals surface area contributed by atoms with Gasteiger partial charge in [0.2, 0.25) is 5.89 Å². The summed E-state index contributed by atoms with van der Waals surface area (Å²) in [7, 11) is -3.62. The molecule has 1 aromatic heterocycles. The molecule has 3 aromatic rings. The van der Waals surface area contributed by atoms with E-state index in [4.69, 9.17) is 4.42 Å². The van der Waals surface area contributed by atoms with Gasteiger partial charge < -0.3 is 4.42 Å².